The predicted molar refractivity (Wildman–Crippen MR) is 111 cm³/mol. The Morgan fingerprint density at radius 1 is 1.28 bits per heavy atom. The second-order valence-corrected chi connectivity index (χ2v) is 6.85. The van der Waals surface area contributed by atoms with E-state index in [2.05, 4.69) is 10.2 Å². The zero-order valence-electron chi connectivity index (χ0n) is 17.2. The average molecular weight is 401 g/mol. The number of guanidine groups is 1. The molecule has 0 aromatic heterocycles. The molecule has 29 heavy (non-hydrogen) atoms. The van der Waals surface area contributed by atoms with Gasteiger partial charge in [0, 0.05) is 32.2 Å². The highest BCUT2D eigenvalue weighted by atomic mass is 19.1. The van der Waals surface area contributed by atoms with Crippen LogP contribution in [0.4, 0.5) is 4.39 Å². The van der Waals surface area contributed by atoms with Gasteiger partial charge in [0.05, 0.1) is 13.7 Å². The largest absolute Gasteiger partial charge is 0.497 e. The Labute approximate surface area is 171 Å². The summed E-state index contributed by atoms with van der Waals surface area (Å²) in [4.78, 5) is 6.78. The van der Waals surface area contributed by atoms with Crippen molar-refractivity contribution in [3.63, 3.8) is 0 Å². The van der Waals surface area contributed by atoms with Gasteiger partial charge >= 0.3 is 0 Å². The fraction of sp³-hybridized carbons (Fsp3) is 0.409. The minimum Gasteiger partial charge on any atom is -0.497 e. The van der Waals surface area contributed by atoms with Gasteiger partial charge in [-0.25, -0.2) is 4.39 Å². The van der Waals surface area contributed by atoms with E-state index >= 15 is 0 Å². The van der Waals surface area contributed by atoms with Crippen molar-refractivity contribution in [1.82, 2.24) is 10.2 Å². The molecule has 0 amide bonds. The number of nitrogens with one attached hydrogen (secondary N) is 1. The summed E-state index contributed by atoms with van der Waals surface area (Å²) in [5.41, 5.74) is 2.73. The normalized spacial score (nSPS) is 13.4. The number of benzene rings is 2. The molecule has 3 rings (SSSR count). The van der Waals surface area contributed by atoms with Crippen molar-refractivity contribution in [2.24, 2.45) is 4.99 Å². The minimum atomic E-state index is -0.277. The highest BCUT2D eigenvalue weighted by molar-refractivity contribution is 5.79. The molecule has 0 saturated carbocycles. The number of nitrogens with zero attached hydrogens (tertiary/aromatic N) is 2. The number of fused-ring (bicyclic) bond motifs is 1. The van der Waals surface area contributed by atoms with Gasteiger partial charge in [0.1, 0.15) is 17.3 Å². The van der Waals surface area contributed by atoms with Gasteiger partial charge in [-0.05, 0) is 48.7 Å². The van der Waals surface area contributed by atoms with Crippen LogP contribution in [0.15, 0.2) is 41.4 Å². The number of rotatable bonds is 7. The maximum absolute atomic E-state index is 13.9. The molecule has 0 atom stereocenters. The van der Waals surface area contributed by atoms with Crippen LogP contribution in [0, 0.1) is 5.82 Å². The summed E-state index contributed by atoms with van der Waals surface area (Å²) in [6.07, 6.45) is 0.589. The lowest BCUT2D eigenvalue weighted by Gasteiger charge is -2.23. The topological polar surface area (TPSA) is 55.3 Å². The van der Waals surface area contributed by atoms with Crippen molar-refractivity contribution in [3.8, 4) is 11.5 Å². The monoisotopic (exact) mass is 401 g/mol. The number of hydrogen-bond donors (Lipinski definition) is 1. The SMILES string of the molecule is CCNC(=NCCc1cc(F)cc2c1OCOC2)N(C)Cc1ccc(OC)cc1. The molecular weight excluding hydrogens is 373 g/mol. The van der Waals surface area contributed by atoms with Gasteiger partial charge in [-0.3, -0.25) is 4.99 Å². The highest BCUT2D eigenvalue weighted by Gasteiger charge is 2.17. The van der Waals surface area contributed by atoms with Crippen LogP contribution < -0.4 is 14.8 Å². The quantitative estimate of drug-likeness (QED) is 0.570. The van der Waals surface area contributed by atoms with Crippen LogP contribution in [-0.2, 0) is 24.3 Å². The van der Waals surface area contributed by atoms with E-state index in [9.17, 15) is 4.39 Å². The average Bonchev–Trinajstić information content (AvgIpc) is 2.73. The van der Waals surface area contributed by atoms with Crippen LogP contribution >= 0.6 is 0 Å². The Morgan fingerprint density at radius 2 is 2.07 bits per heavy atom. The van der Waals surface area contributed by atoms with Crippen LogP contribution in [0.3, 0.4) is 0 Å². The van der Waals surface area contributed by atoms with Crippen LogP contribution in [0.2, 0.25) is 0 Å². The smallest absolute Gasteiger partial charge is 0.193 e. The summed E-state index contributed by atoms with van der Waals surface area (Å²) >= 11 is 0. The van der Waals surface area contributed by atoms with Gasteiger partial charge in [-0.1, -0.05) is 12.1 Å². The Balaban J connectivity index is 1.66. The van der Waals surface area contributed by atoms with Crippen LogP contribution in [0.5, 0.6) is 11.5 Å². The third-order valence-electron chi connectivity index (χ3n) is 4.67. The standard InChI is InChI=1S/C22H28FN3O3/c1-4-24-22(26(2)13-16-5-7-20(27-3)8-6-16)25-10-9-17-11-19(23)12-18-14-28-15-29-21(17)18/h5-8,11-12H,4,9-10,13-15H2,1-3H3,(H,24,25). The van der Waals surface area contributed by atoms with Crippen molar-refractivity contribution >= 4 is 5.96 Å². The molecule has 0 bridgehead atoms. The maximum atomic E-state index is 13.9. The summed E-state index contributed by atoms with van der Waals surface area (Å²) in [6.45, 7) is 4.61. The molecule has 0 radical (unpaired) electrons. The summed E-state index contributed by atoms with van der Waals surface area (Å²) in [5.74, 6) is 2.09. The molecule has 1 heterocycles. The van der Waals surface area contributed by atoms with Crippen molar-refractivity contribution in [2.45, 2.75) is 26.5 Å². The van der Waals surface area contributed by atoms with E-state index in [0.717, 1.165) is 40.7 Å². The fourth-order valence-electron chi connectivity index (χ4n) is 3.27. The molecular formula is C22H28FN3O3. The minimum absolute atomic E-state index is 0.197. The molecule has 0 saturated heterocycles. The molecule has 2 aromatic rings. The van der Waals surface area contributed by atoms with Crippen LogP contribution in [-0.4, -0.2) is 44.9 Å². The lowest BCUT2D eigenvalue weighted by Crippen LogP contribution is -2.38. The van der Waals surface area contributed by atoms with Gasteiger partial charge in [-0.15, -0.1) is 0 Å². The van der Waals surface area contributed by atoms with Gasteiger partial charge in [0.2, 0.25) is 0 Å². The van der Waals surface area contributed by atoms with Crippen molar-refractivity contribution < 1.29 is 18.6 Å². The first kappa shape index (κ1) is 20.9. The molecule has 0 aliphatic carbocycles. The first-order valence-electron chi connectivity index (χ1n) is 9.75. The zero-order valence-corrected chi connectivity index (χ0v) is 17.2. The van der Waals surface area contributed by atoms with Crippen LogP contribution in [0.1, 0.15) is 23.6 Å². The molecule has 2 aromatic carbocycles. The number of halogens is 1. The van der Waals surface area contributed by atoms with E-state index < -0.39 is 0 Å². The van der Waals surface area contributed by atoms with Crippen molar-refractivity contribution in [2.75, 3.05) is 34.0 Å². The third kappa shape index (κ3) is 5.60. The van der Waals surface area contributed by atoms with Gasteiger partial charge in [0.15, 0.2) is 12.8 Å². The molecule has 0 fully saturated rings. The van der Waals surface area contributed by atoms with E-state index in [1.165, 1.54) is 12.1 Å². The third-order valence-corrected chi connectivity index (χ3v) is 4.67. The van der Waals surface area contributed by atoms with Crippen molar-refractivity contribution in [1.29, 1.82) is 0 Å². The molecule has 0 spiro atoms. The van der Waals surface area contributed by atoms with Gasteiger partial charge in [-0.2, -0.15) is 0 Å². The Morgan fingerprint density at radius 3 is 2.79 bits per heavy atom. The highest BCUT2D eigenvalue weighted by Crippen LogP contribution is 2.29. The first-order chi connectivity index (χ1) is 14.1. The molecule has 7 heteroatoms. The molecule has 1 aliphatic heterocycles. The zero-order chi connectivity index (χ0) is 20.6. The summed E-state index contributed by atoms with van der Waals surface area (Å²) in [7, 11) is 3.65. The first-order valence-corrected chi connectivity index (χ1v) is 9.75. The maximum Gasteiger partial charge on any atom is 0.193 e. The van der Waals surface area contributed by atoms with Gasteiger partial charge in [0.25, 0.3) is 0 Å². The number of aliphatic imine (C=N–C) groups is 1. The molecule has 6 nitrogen and oxygen atoms in total. The van der Waals surface area contributed by atoms with Crippen molar-refractivity contribution in [3.05, 3.63) is 58.9 Å². The Kier molecular flexibility index (Phi) is 7.30. The Hall–Kier alpha value is -2.80. The second kappa shape index (κ2) is 10.1. The van der Waals surface area contributed by atoms with Crippen LogP contribution in [0.25, 0.3) is 0 Å². The van der Waals surface area contributed by atoms with E-state index in [1.54, 1.807) is 7.11 Å². The van der Waals surface area contributed by atoms with E-state index in [4.69, 9.17) is 19.2 Å². The van der Waals surface area contributed by atoms with E-state index in [-0.39, 0.29) is 12.6 Å². The molecule has 156 valence electrons. The molecule has 0 unspecified atom stereocenters. The number of hydrogen-bond acceptors (Lipinski definition) is 4. The lowest BCUT2D eigenvalue weighted by atomic mass is 10.1. The van der Waals surface area contributed by atoms with E-state index in [0.29, 0.717) is 26.1 Å². The second-order valence-electron chi connectivity index (χ2n) is 6.85. The lowest BCUT2D eigenvalue weighted by molar-refractivity contribution is -0.0172. The van der Waals surface area contributed by atoms with E-state index in [1.807, 2.05) is 38.2 Å². The summed E-state index contributed by atoms with van der Waals surface area (Å²) < 4.78 is 29.9. The summed E-state index contributed by atoms with van der Waals surface area (Å²) in [6, 6.07) is 11.0. The molecule has 1 N–H and O–H groups in total. The molecule has 1 aliphatic rings. The fourth-order valence-corrected chi connectivity index (χ4v) is 3.27. The number of methoxy groups -OCH3 is 1. The summed E-state index contributed by atoms with van der Waals surface area (Å²) in [5, 5.41) is 3.31. The Bertz CT molecular complexity index is 840. The van der Waals surface area contributed by atoms with Gasteiger partial charge < -0.3 is 24.4 Å². The predicted octanol–water partition coefficient (Wildman–Crippen LogP) is 3.34. The number of ether oxygens (including phenoxy) is 3.